The number of ether oxygens (including phenoxy) is 3. The number of hydrogen-bond donors (Lipinski definition) is 0. The highest BCUT2D eigenvalue weighted by Gasteiger charge is 2.22. The molecule has 0 fully saturated rings. The van der Waals surface area contributed by atoms with Gasteiger partial charge in [-0.25, -0.2) is 14.2 Å². The molecule has 33 heavy (non-hydrogen) atoms. The fourth-order valence-electron chi connectivity index (χ4n) is 3.71. The molecule has 1 atom stereocenters. The summed E-state index contributed by atoms with van der Waals surface area (Å²) in [5.74, 6) is -0.725. The van der Waals surface area contributed by atoms with Crippen molar-refractivity contribution < 1.29 is 28.2 Å². The van der Waals surface area contributed by atoms with Crippen LogP contribution in [0.3, 0.4) is 0 Å². The first-order valence-corrected chi connectivity index (χ1v) is 11.2. The molecule has 1 aromatic carbocycles. The van der Waals surface area contributed by atoms with E-state index in [1.807, 2.05) is 25.3 Å². The smallest absolute Gasteiger partial charge is 0.350 e. The summed E-state index contributed by atoms with van der Waals surface area (Å²) in [6.45, 7) is 7.81. The average molecular weight is 475 g/mol. The molecule has 0 spiro atoms. The summed E-state index contributed by atoms with van der Waals surface area (Å²) in [7, 11) is 1.64. The van der Waals surface area contributed by atoms with Crippen LogP contribution in [-0.2, 0) is 16.1 Å². The van der Waals surface area contributed by atoms with E-state index in [9.17, 15) is 14.0 Å². The molecular formula is C24H27FN2O5S. The number of thiazole rings is 1. The Hall–Kier alpha value is -3.04. The minimum Gasteiger partial charge on any atom is -0.486 e. The highest BCUT2D eigenvalue weighted by molar-refractivity contribution is 7.13. The van der Waals surface area contributed by atoms with Crippen LogP contribution in [0.2, 0.25) is 0 Å². The lowest BCUT2D eigenvalue weighted by molar-refractivity contribution is 0.0478. The van der Waals surface area contributed by atoms with E-state index in [1.165, 1.54) is 24.3 Å². The van der Waals surface area contributed by atoms with E-state index in [0.29, 0.717) is 33.5 Å². The van der Waals surface area contributed by atoms with Crippen LogP contribution in [0.4, 0.5) is 4.39 Å². The van der Waals surface area contributed by atoms with Gasteiger partial charge in [-0.2, -0.15) is 0 Å². The van der Waals surface area contributed by atoms with Crippen molar-refractivity contribution >= 4 is 23.1 Å². The number of carbonyl (C=O) groups excluding carboxylic acids is 2. The number of methoxy groups -OCH3 is 1. The first-order chi connectivity index (χ1) is 15.7. The van der Waals surface area contributed by atoms with Gasteiger partial charge in [0.15, 0.2) is 6.61 Å². The van der Waals surface area contributed by atoms with E-state index in [-0.39, 0.29) is 30.9 Å². The van der Waals surface area contributed by atoms with E-state index < -0.39 is 5.97 Å². The summed E-state index contributed by atoms with van der Waals surface area (Å²) >= 11 is 1.14. The molecule has 0 aliphatic heterocycles. The van der Waals surface area contributed by atoms with E-state index in [4.69, 9.17) is 14.2 Å². The van der Waals surface area contributed by atoms with Crippen LogP contribution in [0.25, 0.3) is 0 Å². The van der Waals surface area contributed by atoms with Gasteiger partial charge < -0.3 is 18.8 Å². The van der Waals surface area contributed by atoms with Gasteiger partial charge in [-0.3, -0.25) is 4.79 Å². The molecule has 0 aliphatic carbocycles. The topological polar surface area (TPSA) is 79.7 Å². The van der Waals surface area contributed by atoms with Crippen molar-refractivity contribution in [1.82, 2.24) is 9.55 Å². The van der Waals surface area contributed by atoms with Gasteiger partial charge in [-0.1, -0.05) is 0 Å². The van der Waals surface area contributed by atoms with Crippen molar-refractivity contribution in [3.63, 3.8) is 0 Å². The Morgan fingerprint density at radius 2 is 1.88 bits per heavy atom. The lowest BCUT2D eigenvalue weighted by Gasteiger charge is -2.17. The number of esters is 1. The number of aromatic nitrogens is 2. The van der Waals surface area contributed by atoms with Gasteiger partial charge in [-0.15, -0.1) is 11.3 Å². The van der Waals surface area contributed by atoms with E-state index >= 15 is 0 Å². The number of aryl methyl sites for hydroxylation is 2. The van der Waals surface area contributed by atoms with E-state index in [2.05, 4.69) is 4.98 Å². The molecule has 0 N–H and O–H groups in total. The summed E-state index contributed by atoms with van der Waals surface area (Å²) in [6.07, 6.45) is 0. The quantitative estimate of drug-likeness (QED) is 0.309. The van der Waals surface area contributed by atoms with Gasteiger partial charge in [0.05, 0.1) is 18.3 Å². The largest absolute Gasteiger partial charge is 0.486 e. The monoisotopic (exact) mass is 474 g/mol. The molecule has 3 rings (SSSR count). The molecular weight excluding hydrogens is 447 g/mol. The zero-order chi connectivity index (χ0) is 24.1. The number of nitrogens with zero attached hydrogens (tertiary/aromatic N) is 2. The maximum atomic E-state index is 13.0. The number of carbonyl (C=O) groups is 2. The molecule has 7 nitrogen and oxygen atoms in total. The van der Waals surface area contributed by atoms with E-state index in [1.54, 1.807) is 20.1 Å². The Balaban J connectivity index is 1.61. The number of hydrogen-bond acceptors (Lipinski definition) is 7. The Morgan fingerprint density at radius 1 is 1.18 bits per heavy atom. The standard InChI is InChI=1S/C24H27FN2O5S/c1-14-10-20(17(4)27(14)15(2)11-30-5)21(28)12-32-24(29)23-16(3)26-22(33-23)13-31-19-8-6-18(25)7-9-19/h6-10,15H,11-13H2,1-5H3. The molecule has 2 aromatic heterocycles. The predicted molar refractivity (Wildman–Crippen MR) is 123 cm³/mol. The second-order valence-corrected chi connectivity index (χ2v) is 8.81. The normalized spacial score (nSPS) is 11.9. The summed E-state index contributed by atoms with van der Waals surface area (Å²) < 4.78 is 31.1. The molecule has 3 aromatic rings. The zero-order valence-corrected chi connectivity index (χ0v) is 20.1. The van der Waals surface area contributed by atoms with Gasteiger partial charge in [0.1, 0.15) is 28.1 Å². The van der Waals surface area contributed by atoms with Crippen molar-refractivity contribution in [3.05, 3.63) is 68.7 Å². The molecule has 0 saturated carbocycles. The van der Waals surface area contributed by atoms with Gasteiger partial charge >= 0.3 is 5.97 Å². The van der Waals surface area contributed by atoms with Gasteiger partial charge in [0.25, 0.3) is 0 Å². The Kier molecular flexibility index (Phi) is 7.99. The van der Waals surface area contributed by atoms with Crippen molar-refractivity contribution in [3.8, 4) is 5.75 Å². The first kappa shape index (κ1) is 24.6. The predicted octanol–water partition coefficient (Wildman–Crippen LogP) is 4.84. The number of rotatable bonds is 10. The van der Waals surface area contributed by atoms with Crippen LogP contribution in [0.1, 0.15) is 55.1 Å². The van der Waals surface area contributed by atoms with Crippen molar-refractivity contribution in [2.24, 2.45) is 0 Å². The molecule has 0 bridgehead atoms. The Bertz CT molecular complexity index is 1140. The van der Waals surface area contributed by atoms with Gasteiger partial charge in [-0.05, 0) is 58.0 Å². The van der Waals surface area contributed by atoms with Crippen molar-refractivity contribution in [2.45, 2.75) is 40.3 Å². The number of Topliss-reactive ketones (excluding diaryl/α,β-unsaturated/α-hetero) is 1. The minimum absolute atomic E-state index is 0.0782. The third-order valence-corrected chi connectivity index (χ3v) is 6.28. The molecule has 0 aliphatic rings. The fraction of sp³-hybridized carbons (Fsp3) is 0.375. The highest BCUT2D eigenvalue weighted by Crippen LogP contribution is 2.23. The van der Waals surface area contributed by atoms with Crippen LogP contribution in [0, 0.1) is 26.6 Å². The molecule has 1 unspecified atom stereocenters. The fourth-order valence-corrected chi connectivity index (χ4v) is 4.58. The SMILES string of the molecule is COCC(C)n1c(C)cc(C(=O)COC(=O)c2sc(COc3ccc(F)cc3)nc2C)c1C. The minimum atomic E-state index is -0.604. The third-order valence-electron chi connectivity index (χ3n) is 5.17. The number of halogens is 1. The molecule has 0 saturated heterocycles. The van der Waals surface area contributed by atoms with E-state index in [0.717, 1.165) is 22.7 Å². The number of benzene rings is 1. The molecule has 176 valence electrons. The summed E-state index contributed by atoms with van der Waals surface area (Å²) in [5.41, 5.74) is 2.78. The highest BCUT2D eigenvalue weighted by atomic mass is 32.1. The molecule has 9 heteroatoms. The Morgan fingerprint density at radius 3 is 2.55 bits per heavy atom. The van der Waals surface area contributed by atoms with Crippen molar-refractivity contribution in [1.29, 1.82) is 0 Å². The van der Waals surface area contributed by atoms with Gasteiger partial charge in [0.2, 0.25) is 5.78 Å². The number of ketones is 1. The lowest BCUT2D eigenvalue weighted by atomic mass is 10.1. The summed E-state index contributed by atoms with van der Waals surface area (Å²) in [5, 5.41) is 0.575. The summed E-state index contributed by atoms with van der Waals surface area (Å²) in [6, 6.07) is 7.53. The zero-order valence-electron chi connectivity index (χ0n) is 19.3. The summed E-state index contributed by atoms with van der Waals surface area (Å²) in [4.78, 5) is 30.0. The van der Waals surface area contributed by atoms with Crippen LogP contribution < -0.4 is 4.74 Å². The van der Waals surface area contributed by atoms with Gasteiger partial charge in [0, 0.05) is 24.1 Å². The molecule has 2 heterocycles. The maximum absolute atomic E-state index is 13.0. The Labute approximate surface area is 196 Å². The second kappa shape index (κ2) is 10.7. The van der Waals surface area contributed by atoms with Crippen LogP contribution in [-0.4, -0.2) is 41.6 Å². The van der Waals surface area contributed by atoms with Crippen LogP contribution in [0.15, 0.2) is 30.3 Å². The van der Waals surface area contributed by atoms with Crippen LogP contribution in [0.5, 0.6) is 5.75 Å². The second-order valence-electron chi connectivity index (χ2n) is 7.72. The van der Waals surface area contributed by atoms with Crippen LogP contribution >= 0.6 is 11.3 Å². The third kappa shape index (κ3) is 5.85. The molecule has 0 radical (unpaired) electrons. The first-order valence-electron chi connectivity index (χ1n) is 10.4. The van der Waals surface area contributed by atoms with Crippen molar-refractivity contribution in [2.75, 3.05) is 20.3 Å². The maximum Gasteiger partial charge on any atom is 0.350 e. The molecule has 0 amide bonds. The average Bonchev–Trinajstić information content (AvgIpc) is 3.30. The lowest BCUT2D eigenvalue weighted by Crippen LogP contribution is -2.17.